The average Bonchev–Trinajstić information content (AvgIpc) is 2.87. The SMILES string of the molecule is C[C@H]1CN(C(=O)c2ccccc2CN2C(=O)CNC2=O)CCO1. The summed E-state index contributed by atoms with van der Waals surface area (Å²) in [5.74, 6) is -0.375. The number of hydrogen-bond acceptors (Lipinski definition) is 4. The summed E-state index contributed by atoms with van der Waals surface area (Å²) in [4.78, 5) is 39.1. The number of ether oxygens (including phenoxy) is 1. The highest BCUT2D eigenvalue weighted by Crippen LogP contribution is 2.17. The van der Waals surface area contributed by atoms with Crippen LogP contribution in [0.15, 0.2) is 24.3 Å². The molecule has 4 amide bonds. The lowest BCUT2D eigenvalue weighted by Crippen LogP contribution is -2.45. The van der Waals surface area contributed by atoms with E-state index in [9.17, 15) is 14.4 Å². The van der Waals surface area contributed by atoms with E-state index < -0.39 is 6.03 Å². The van der Waals surface area contributed by atoms with E-state index in [-0.39, 0.29) is 31.0 Å². The van der Waals surface area contributed by atoms with E-state index in [2.05, 4.69) is 5.32 Å². The van der Waals surface area contributed by atoms with Gasteiger partial charge in [-0.05, 0) is 18.6 Å². The molecule has 122 valence electrons. The molecule has 0 aliphatic carbocycles. The van der Waals surface area contributed by atoms with Gasteiger partial charge < -0.3 is 15.0 Å². The van der Waals surface area contributed by atoms with Crippen molar-refractivity contribution < 1.29 is 19.1 Å². The van der Waals surface area contributed by atoms with E-state index in [0.29, 0.717) is 30.8 Å². The minimum absolute atomic E-state index is 0.00537. The first-order valence-electron chi connectivity index (χ1n) is 7.63. The third-order valence-electron chi connectivity index (χ3n) is 4.04. The Bertz CT molecular complexity index is 630. The smallest absolute Gasteiger partial charge is 0.324 e. The minimum Gasteiger partial charge on any atom is -0.375 e. The molecule has 1 atom stereocenters. The van der Waals surface area contributed by atoms with Gasteiger partial charge in [0.1, 0.15) is 0 Å². The molecule has 2 aliphatic heterocycles. The van der Waals surface area contributed by atoms with Gasteiger partial charge in [0.05, 0.1) is 25.8 Å². The van der Waals surface area contributed by atoms with Crippen molar-refractivity contribution in [3.8, 4) is 0 Å². The van der Waals surface area contributed by atoms with E-state index >= 15 is 0 Å². The second-order valence-corrected chi connectivity index (χ2v) is 5.73. The molecule has 1 N–H and O–H groups in total. The summed E-state index contributed by atoms with van der Waals surface area (Å²) < 4.78 is 5.46. The maximum atomic E-state index is 12.8. The number of amides is 4. The summed E-state index contributed by atoms with van der Waals surface area (Å²) in [6.07, 6.45) is 0.00537. The molecule has 0 spiro atoms. The van der Waals surface area contributed by atoms with E-state index in [0.717, 1.165) is 4.90 Å². The van der Waals surface area contributed by atoms with Crippen LogP contribution >= 0.6 is 0 Å². The number of imide groups is 1. The first-order valence-corrected chi connectivity index (χ1v) is 7.63. The highest BCUT2D eigenvalue weighted by molar-refractivity contribution is 6.02. The van der Waals surface area contributed by atoms with E-state index in [4.69, 9.17) is 4.74 Å². The molecule has 7 nitrogen and oxygen atoms in total. The van der Waals surface area contributed by atoms with E-state index in [1.54, 1.807) is 29.2 Å². The van der Waals surface area contributed by atoms with Gasteiger partial charge in [-0.25, -0.2) is 4.79 Å². The number of carbonyl (C=O) groups excluding carboxylic acids is 3. The van der Waals surface area contributed by atoms with Crippen LogP contribution in [-0.2, 0) is 16.1 Å². The lowest BCUT2D eigenvalue weighted by molar-refractivity contribution is -0.125. The van der Waals surface area contributed by atoms with Gasteiger partial charge in [0.2, 0.25) is 5.91 Å². The van der Waals surface area contributed by atoms with Crippen molar-refractivity contribution >= 4 is 17.8 Å². The molecule has 2 aliphatic rings. The number of carbonyl (C=O) groups is 3. The maximum Gasteiger partial charge on any atom is 0.324 e. The molecule has 0 saturated carbocycles. The molecule has 1 aromatic carbocycles. The molecular formula is C16H19N3O4. The molecule has 1 aromatic rings. The average molecular weight is 317 g/mol. The molecule has 7 heteroatoms. The Kier molecular flexibility index (Phi) is 4.29. The Morgan fingerprint density at radius 1 is 1.35 bits per heavy atom. The van der Waals surface area contributed by atoms with Crippen molar-refractivity contribution in [1.82, 2.24) is 15.1 Å². The Labute approximate surface area is 134 Å². The van der Waals surface area contributed by atoms with Crippen LogP contribution in [-0.4, -0.2) is 60.0 Å². The second kappa shape index (κ2) is 6.37. The Morgan fingerprint density at radius 3 is 2.83 bits per heavy atom. The van der Waals surface area contributed by atoms with Gasteiger partial charge in [-0.15, -0.1) is 0 Å². The third kappa shape index (κ3) is 3.19. The fraction of sp³-hybridized carbons (Fsp3) is 0.438. The number of nitrogens with one attached hydrogen (secondary N) is 1. The van der Waals surface area contributed by atoms with E-state index in [1.807, 2.05) is 6.92 Å². The van der Waals surface area contributed by atoms with Crippen molar-refractivity contribution in [2.45, 2.75) is 19.6 Å². The number of benzene rings is 1. The van der Waals surface area contributed by atoms with Gasteiger partial charge in [-0.3, -0.25) is 14.5 Å². The number of rotatable bonds is 3. The number of morpholine rings is 1. The number of hydrogen-bond donors (Lipinski definition) is 1. The minimum atomic E-state index is -0.419. The first kappa shape index (κ1) is 15.5. The molecule has 0 aromatic heterocycles. The van der Waals surface area contributed by atoms with Gasteiger partial charge in [-0.2, -0.15) is 0 Å². The summed E-state index contributed by atoms with van der Waals surface area (Å²) >= 11 is 0. The van der Waals surface area contributed by atoms with Gasteiger partial charge in [-0.1, -0.05) is 18.2 Å². The molecular weight excluding hydrogens is 298 g/mol. The van der Waals surface area contributed by atoms with Crippen LogP contribution in [0, 0.1) is 0 Å². The second-order valence-electron chi connectivity index (χ2n) is 5.73. The third-order valence-corrected chi connectivity index (χ3v) is 4.04. The van der Waals surface area contributed by atoms with Crippen molar-refractivity contribution in [3.05, 3.63) is 35.4 Å². The van der Waals surface area contributed by atoms with Crippen molar-refractivity contribution in [3.63, 3.8) is 0 Å². The summed E-state index contributed by atoms with van der Waals surface area (Å²) in [7, 11) is 0. The van der Waals surface area contributed by atoms with Crippen molar-refractivity contribution in [2.24, 2.45) is 0 Å². The standard InChI is InChI=1S/C16H19N3O4/c1-11-9-18(6-7-23-11)15(21)13-5-3-2-4-12(13)10-19-14(20)8-17-16(19)22/h2-5,11H,6-10H2,1H3,(H,17,22)/t11-/m0/s1. The van der Waals surface area contributed by atoms with Gasteiger partial charge in [0, 0.05) is 18.7 Å². The molecule has 2 saturated heterocycles. The largest absolute Gasteiger partial charge is 0.375 e. The zero-order valence-corrected chi connectivity index (χ0v) is 12.9. The summed E-state index contributed by atoms with van der Waals surface area (Å²) in [5, 5.41) is 2.48. The molecule has 3 rings (SSSR count). The summed E-state index contributed by atoms with van der Waals surface area (Å²) in [6, 6.07) is 6.67. The van der Waals surface area contributed by atoms with Crippen LogP contribution in [0.2, 0.25) is 0 Å². The first-order chi connectivity index (χ1) is 11.1. The maximum absolute atomic E-state index is 12.8. The summed E-state index contributed by atoms with van der Waals surface area (Å²) in [5.41, 5.74) is 1.19. The molecule has 0 bridgehead atoms. The van der Waals surface area contributed by atoms with Gasteiger partial charge in [0.15, 0.2) is 0 Å². The van der Waals surface area contributed by atoms with Crippen LogP contribution in [0.4, 0.5) is 4.79 Å². The zero-order valence-electron chi connectivity index (χ0n) is 12.9. The predicted molar refractivity (Wildman–Crippen MR) is 81.7 cm³/mol. The molecule has 2 heterocycles. The molecule has 2 fully saturated rings. The predicted octanol–water partition coefficient (Wildman–Crippen LogP) is 0.599. The molecule has 0 unspecified atom stereocenters. The normalized spacial score (nSPS) is 21.5. The van der Waals surface area contributed by atoms with Crippen molar-refractivity contribution in [1.29, 1.82) is 0 Å². The fourth-order valence-corrected chi connectivity index (χ4v) is 2.83. The quantitative estimate of drug-likeness (QED) is 0.828. The summed E-state index contributed by atoms with van der Waals surface area (Å²) in [6.45, 7) is 3.64. The lowest BCUT2D eigenvalue weighted by atomic mass is 10.1. The Balaban J connectivity index is 1.81. The fourth-order valence-electron chi connectivity index (χ4n) is 2.83. The van der Waals surface area contributed by atoms with Gasteiger partial charge in [0.25, 0.3) is 5.91 Å². The number of urea groups is 1. The van der Waals surface area contributed by atoms with Gasteiger partial charge >= 0.3 is 6.03 Å². The van der Waals surface area contributed by atoms with Crippen LogP contribution in [0.25, 0.3) is 0 Å². The van der Waals surface area contributed by atoms with Crippen LogP contribution in [0.1, 0.15) is 22.8 Å². The Morgan fingerprint density at radius 2 is 2.13 bits per heavy atom. The van der Waals surface area contributed by atoms with Crippen LogP contribution in [0.3, 0.4) is 0 Å². The zero-order chi connectivity index (χ0) is 16.4. The van der Waals surface area contributed by atoms with Crippen molar-refractivity contribution in [2.75, 3.05) is 26.2 Å². The highest BCUT2D eigenvalue weighted by Gasteiger charge is 2.30. The monoisotopic (exact) mass is 317 g/mol. The van der Waals surface area contributed by atoms with Crippen LogP contribution < -0.4 is 5.32 Å². The number of nitrogens with zero attached hydrogens (tertiary/aromatic N) is 2. The topological polar surface area (TPSA) is 79.0 Å². The molecule has 23 heavy (non-hydrogen) atoms. The Hall–Kier alpha value is -2.41. The molecule has 0 radical (unpaired) electrons. The highest BCUT2D eigenvalue weighted by atomic mass is 16.5. The lowest BCUT2D eigenvalue weighted by Gasteiger charge is -2.31. The van der Waals surface area contributed by atoms with E-state index in [1.165, 1.54) is 0 Å². The van der Waals surface area contributed by atoms with Crippen LogP contribution in [0.5, 0.6) is 0 Å².